The first-order chi connectivity index (χ1) is 7.93. The summed E-state index contributed by atoms with van der Waals surface area (Å²) in [6.45, 7) is 14.2. The molecule has 1 atom stereocenters. The van der Waals surface area contributed by atoms with Crippen molar-refractivity contribution in [2.45, 2.75) is 47.0 Å². The minimum atomic E-state index is 0.113. The van der Waals surface area contributed by atoms with Gasteiger partial charge in [0.2, 0.25) is 5.91 Å². The summed E-state index contributed by atoms with van der Waals surface area (Å²) in [5, 5.41) is 0. The molecule has 0 aromatic heterocycles. The van der Waals surface area contributed by atoms with E-state index < -0.39 is 0 Å². The smallest absolute Gasteiger partial charge is 0.225 e. The molecule has 2 nitrogen and oxygen atoms in total. The van der Waals surface area contributed by atoms with Crippen LogP contribution in [0.5, 0.6) is 0 Å². The second-order valence-electron chi connectivity index (χ2n) is 6.03. The molecule has 17 heavy (non-hydrogen) atoms. The Morgan fingerprint density at radius 1 is 1.41 bits per heavy atom. The first kappa shape index (κ1) is 14.3. The number of carbonyl (C=O) groups excluding carboxylic acids is 1. The van der Waals surface area contributed by atoms with Crippen molar-refractivity contribution >= 4 is 5.91 Å². The van der Waals surface area contributed by atoms with Crippen molar-refractivity contribution in [3.8, 4) is 0 Å². The van der Waals surface area contributed by atoms with Crippen LogP contribution in [0.1, 0.15) is 47.0 Å². The maximum absolute atomic E-state index is 12.1. The summed E-state index contributed by atoms with van der Waals surface area (Å²) in [5.41, 5.74) is 0.255. The molecule has 0 aromatic rings. The van der Waals surface area contributed by atoms with Crippen LogP contribution >= 0.6 is 0 Å². The number of hydrogen-bond donors (Lipinski definition) is 0. The van der Waals surface area contributed by atoms with Crippen LogP contribution in [0, 0.1) is 17.3 Å². The van der Waals surface area contributed by atoms with Gasteiger partial charge in [0.15, 0.2) is 0 Å². The van der Waals surface area contributed by atoms with E-state index in [1.807, 2.05) is 19.9 Å². The first-order valence-corrected chi connectivity index (χ1v) is 6.82. The van der Waals surface area contributed by atoms with Crippen molar-refractivity contribution in [2.75, 3.05) is 13.1 Å². The van der Waals surface area contributed by atoms with Gasteiger partial charge in [-0.25, -0.2) is 0 Å². The Morgan fingerprint density at radius 3 is 2.53 bits per heavy atom. The SMILES string of the molecule is C=CC[C@@]1(C(C)C)CCCN(C(=O)C(C)C)C1. The second-order valence-corrected chi connectivity index (χ2v) is 6.03. The molecule has 1 amide bonds. The lowest BCUT2D eigenvalue weighted by Crippen LogP contribution is -2.49. The summed E-state index contributed by atoms with van der Waals surface area (Å²) in [5.74, 6) is 1.02. The summed E-state index contributed by atoms with van der Waals surface area (Å²) in [4.78, 5) is 14.2. The molecule has 0 unspecified atom stereocenters. The molecule has 2 heteroatoms. The fourth-order valence-electron chi connectivity index (χ4n) is 2.87. The zero-order valence-corrected chi connectivity index (χ0v) is 11.8. The largest absolute Gasteiger partial charge is 0.342 e. The summed E-state index contributed by atoms with van der Waals surface area (Å²) in [7, 11) is 0. The van der Waals surface area contributed by atoms with Crippen LogP contribution < -0.4 is 0 Å². The number of nitrogens with zero attached hydrogens (tertiary/aromatic N) is 1. The normalized spacial score (nSPS) is 25.4. The highest BCUT2D eigenvalue weighted by Crippen LogP contribution is 2.40. The van der Waals surface area contributed by atoms with E-state index in [1.54, 1.807) is 0 Å². The highest BCUT2D eigenvalue weighted by atomic mass is 16.2. The van der Waals surface area contributed by atoms with Gasteiger partial charge in [-0.15, -0.1) is 6.58 Å². The molecular weight excluding hydrogens is 210 g/mol. The van der Waals surface area contributed by atoms with Crippen LogP contribution in [0.3, 0.4) is 0 Å². The van der Waals surface area contributed by atoms with Gasteiger partial charge in [-0.1, -0.05) is 33.8 Å². The molecule has 1 fully saturated rings. The van der Waals surface area contributed by atoms with Crippen molar-refractivity contribution in [2.24, 2.45) is 17.3 Å². The third-order valence-electron chi connectivity index (χ3n) is 4.19. The standard InChI is InChI=1S/C15H27NO/c1-6-8-15(13(4)5)9-7-10-16(11-15)14(17)12(2)3/h6,12-13H,1,7-11H2,2-5H3/t15-/m1/s1. The molecule has 1 aliphatic heterocycles. The fourth-order valence-corrected chi connectivity index (χ4v) is 2.87. The molecule has 0 saturated carbocycles. The zero-order chi connectivity index (χ0) is 13.1. The number of likely N-dealkylation sites (tertiary alicyclic amines) is 1. The molecule has 1 heterocycles. The fraction of sp³-hybridized carbons (Fsp3) is 0.800. The van der Waals surface area contributed by atoms with Crippen LogP contribution in [0.15, 0.2) is 12.7 Å². The third kappa shape index (κ3) is 3.11. The highest BCUT2D eigenvalue weighted by molar-refractivity contribution is 5.78. The first-order valence-electron chi connectivity index (χ1n) is 6.82. The Labute approximate surface area is 106 Å². The summed E-state index contributed by atoms with van der Waals surface area (Å²) >= 11 is 0. The minimum Gasteiger partial charge on any atom is -0.342 e. The van der Waals surface area contributed by atoms with Gasteiger partial charge in [0.25, 0.3) is 0 Å². The molecule has 1 rings (SSSR count). The van der Waals surface area contributed by atoms with Crippen LogP contribution in [-0.4, -0.2) is 23.9 Å². The Bertz CT molecular complexity index is 283. The minimum absolute atomic E-state index is 0.113. The van der Waals surface area contributed by atoms with Gasteiger partial charge in [-0.2, -0.15) is 0 Å². The number of rotatable bonds is 4. The maximum atomic E-state index is 12.1. The number of carbonyl (C=O) groups is 1. The van der Waals surface area contributed by atoms with E-state index in [-0.39, 0.29) is 11.3 Å². The van der Waals surface area contributed by atoms with E-state index in [9.17, 15) is 4.79 Å². The van der Waals surface area contributed by atoms with Crippen molar-refractivity contribution in [1.82, 2.24) is 4.90 Å². The number of allylic oxidation sites excluding steroid dienone is 1. The molecule has 1 saturated heterocycles. The summed E-state index contributed by atoms with van der Waals surface area (Å²) in [6, 6.07) is 0. The van der Waals surface area contributed by atoms with Crippen molar-refractivity contribution in [3.05, 3.63) is 12.7 Å². The predicted molar refractivity (Wildman–Crippen MR) is 72.7 cm³/mol. The summed E-state index contributed by atoms with van der Waals surface area (Å²) < 4.78 is 0. The van der Waals surface area contributed by atoms with Crippen LogP contribution in [-0.2, 0) is 4.79 Å². The highest BCUT2D eigenvalue weighted by Gasteiger charge is 2.38. The Hall–Kier alpha value is -0.790. The van der Waals surface area contributed by atoms with Crippen LogP contribution in [0.4, 0.5) is 0 Å². The summed E-state index contributed by atoms with van der Waals surface area (Å²) in [6.07, 6.45) is 5.39. The van der Waals surface area contributed by atoms with E-state index >= 15 is 0 Å². The number of amides is 1. The molecule has 0 aromatic carbocycles. The van der Waals surface area contributed by atoms with Crippen molar-refractivity contribution < 1.29 is 4.79 Å². The van der Waals surface area contributed by atoms with Gasteiger partial charge in [0.1, 0.15) is 0 Å². The molecule has 1 aliphatic rings. The Kier molecular flexibility index (Phi) is 4.79. The molecule has 0 aliphatic carbocycles. The van der Waals surface area contributed by atoms with E-state index in [4.69, 9.17) is 0 Å². The van der Waals surface area contributed by atoms with Gasteiger partial charge in [-0.05, 0) is 30.6 Å². The zero-order valence-electron chi connectivity index (χ0n) is 11.8. The van der Waals surface area contributed by atoms with Crippen molar-refractivity contribution in [1.29, 1.82) is 0 Å². The molecule has 98 valence electrons. The van der Waals surface area contributed by atoms with E-state index in [0.29, 0.717) is 11.8 Å². The van der Waals surface area contributed by atoms with E-state index in [0.717, 1.165) is 25.9 Å². The Balaban J connectivity index is 2.81. The van der Waals surface area contributed by atoms with Gasteiger partial charge in [0.05, 0.1) is 0 Å². The van der Waals surface area contributed by atoms with E-state index in [1.165, 1.54) is 6.42 Å². The van der Waals surface area contributed by atoms with Crippen LogP contribution in [0.25, 0.3) is 0 Å². The quantitative estimate of drug-likeness (QED) is 0.685. The van der Waals surface area contributed by atoms with Gasteiger partial charge in [-0.3, -0.25) is 4.79 Å². The predicted octanol–water partition coefficient (Wildman–Crippen LogP) is 3.48. The van der Waals surface area contributed by atoms with E-state index in [2.05, 4.69) is 25.3 Å². The average molecular weight is 237 g/mol. The van der Waals surface area contributed by atoms with Crippen LogP contribution in [0.2, 0.25) is 0 Å². The molecule has 0 bridgehead atoms. The van der Waals surface area contributed by atoms with Gasteiger partial charge >= 0.3 is 0 Å². The lowest BCUT2D eigenvalue weighted by atomic mass is 9.69. The lowest BCUT2D eigenvalue weighted by Gasteiger charge is -2.46. The maximum Gasteiger partial charge on any atom is 0.225 e. The van der Waals surface area contributed by atoms with Gasteiger partial charge < -0.3 is 4.90 Å². The molecule has 0 radical (unpaired) electrons. The molecule has 0 N–H and O–H groups in total. The average Bonchev–Trinajstić information content (AvgIpc) is 2.28. The Morgan fingerprint density at radius 2 is 2.06 bits per heavy atom. The lowest BCUT2D eigenvalue weighted by molar-refractivity contribution is -0.138. The second kappa shape index (κ2) is 5.70. The van der Waals surface area contributed by atoms with Gasteiger partial charge in [0, 0.05) is 19.0 Å². The third-order valence-corrected chi connectivity index (χ3v) is 4.19. The monoisotopic (exact) mass is 237 g/mol. The number of piperidine rings is 1. The topological polar surface area (TPSA) is 20.3 Å². The van der Waals surface area contributed by atoms with Crippen molar-refractivity contribution in [3.63, 3.8) is 0 Å². The number of hydrogen-bond acceptors (Lipinski definition) is 1. The molecular formula is C15H27NO. The molecule has 0 spiro atoms.